The van der Waals surface area contributed by atoms with E-state index in [1.54, 1.807) is 0 Å². The Morgan fingerprint density at radius 3 is 2.13 bits per heavy atom. The van der Waals surface area contributed by atoms with Crippen molar-refractivity contribution in [3.8, 4) is 0 Å². The average Bonchev–Trinajstić information content (AvgIpc) is 2.69. The van der Waals surface area contributed by atoms with Crippen LogP contribution in [0.3, 0.4) is 0 Å². The average molecular weight is 454 g/mol. The van der Waals surface area contributed by atoms with Crippen molar-refractivity contribution >= 4 is 29.5 Å². The minimum absolute atomic E-state index is 0.186. The second kappa shape index (κ2) is 16.6. The molecule has 0 unspecified atom stereocenters. The second-order valence-electron chi connectivity index (χ2n) is 8.07. The van der Waals surface area contributed by atoms with Crippen molar-refractivity contribution in [3.05, 3.63) is 34.9 Å². The van der Waals surface area contributed by atoms with Gasteiger partial charge in [0.15, 0.2) is 0 Å². The molecule has 176 valence electrons. The molecule has 5 N–H and O–H groups in total. The molecule has 0 aliphatic rings. The standard InChI is InChI=1S/C23H39N3O4S/c1-16(2)8-6-9-17(3)10-7-11-18(4)12-13-31-15-20(22(28)26-24)25-21(27)14-19(5)23(29)30/h8,10,12,19-20H,6-7,9,11,13-15,24H2,1-5H3,(H,25,27)(H,26,28)(H,29,30)/t19-,20+/m1/s1. The van der Waals surface area contributed by atoms with E-state index in [-0.39, 0.29) is 6.42 Å². The number of nitrogens with two attached hydrogens (primary N) is 1. The Kier molecular flexibility index (Phi) is 15.5. The summed E-state index contributed by atoms with van der Waals surface area (Å²) in [4.78, 5) is 34.8. The first-order chi connectivity index (χ1) is 14.6. The Balaban J connectivity index is 4.40. The highest BCUT2D eigenvalue weighted by Crippen LogP contribution is 2.13. The molecule has 0 aliphatic carbocycles. The maximum atomic E-state index is 12.0. The number of allylic oxidation sites excluding steroid dienone is 5. The van der Waals surface area contributed by atoms with Gasteiger partial charge in [-0.1, -0.05) is 41.9 Å². The zero-order valence-electron chi connectivity index (χ0n) is 19.5. The summed E-state index contributed by atoms with van der Waals surface area (Å²) in [6.07, 6.45) is 10.6. The first-order valence-electron chi connectivity index (χ1n) is 10.6. The highest BCUT2D eigenvalue weighted by atomic mass is 32.2. The summed E-state index contributed by atoms with van der Waals surface area (Å²) in [5.41, 5.74) is 6.08. The predicted molar refractivity (Wildman–Crippen MR) is 128 cm³/mol. The van der Waals surface area contributed by atoms with E-state index in [0.29, 0.717) is 11.5 Å². The van der Waals surface area contributed by atoms with Crippen LogP contribution in [-0.2, 0) is 14.4 Å². The fourth-order valence-corrected chi connectivity index (χ4v) is 3.64. The molecule has 2 amide bonds. The van der Waals surface area contributed by atoms with Crippen molar-refractivity contribution in [1.82, 2.24) is 10.7 Å². The van der Waals surface area contributed by atoms with Crippen molar-refractivity contribution in [2.45, 2.75) is 72.8 Å². The fourth-order valence-electron chi connectivity index (χ4n) is 2.63. The molecule has 0 aromatic carbocycles. The van der Waals surface area contributed by atoms with Gasteiger partial charge in [0, 0.05) is 17.9 Å². The monoisotopic (exact) mass is 453 g/mol. The molecule has 0 aliphatic heterocycles. The number of carboxylic acid groups (broad SMARTS) is 1. The van der Waals surface area contributed by atoms with E-state index in [1.165, 1.54) is 35.4 Å². The molecule has 7 nitrogen and oxygen atoms in total. The number of hydrogen-bond acceptors (Lipinski definition) is 5. The number of carboxylic acids is 1. The number of aliphatic carboxylic acids is 1. The van der Waals surface area contributed by atoms with E-state index in [2.05, 4.69) is 51.2 Å². The number of hydrazine groups is 1. The molecule has 8 heteroatoms. The first-order valence-corrected chi connectivity index (χ1v) is 11.8. The molecule has 0 aromatic rings. The smallest absolute Gasteiger partial charge is 0.306 e. The first kappa shape index (κ1) is 28.9. The maximum absolute atomic E-state index is 12.0. The van der Waals surface area contributed by atoms with Crippen LogP contribution < -0.4 is 16.6 Å². The molecule has 0 spiro atoms. The van der Waals surface area contributed by atoms with E-state index in [4.69, 9.17) is 10.9 Å². The topological polar surface area (TPSA) is 122 Å². The van der Waals surface area contributed by atoms with E-state index in [1.807, 2.05) is 5.43 Å². The van der Waals surface area contributed by atoms with E-state index >= 15 is 0 Å². The lowest BCUT2D eigenvalue weighted by Gasteiger charge is -2.17. The van der Waals surface area contributed by atoms with Gasteiger partial charge in [-0.15, -0.1) is 0 Å². The molecule has 0 bridgehead atoms. The second-order valence-corrected chi connectivity index (χ2v) is 9.14. The summed E-state index contributed by atoms with van der Waals surface area (Å²) in [6, 6.07) is -0.802. The minimum Gasteiger partial charge on any atom is -0.481 e. The van der Waals surface area contributed by atoms with Gasteiger partial charge >= 0.3 is 5.97 Å². The van der Waals surface area contributed by atoms with Crippen LogP contribution in [0.25, 0.3) is 0 Å². The van der Waals surface area contributed by atoms with E-state index in [0.717, 1.165) is 25.7 Å². The molecule has 31 heavy (non-hydrogen) atoms. The highest BCUT2D eigenvalue weighted by Gasteiger charge is 2.22. The molecule has 0 fully saturated rings. The third kappa shape index (κ3) is 15.4. The summed E-state index contributed by atoms with van der Waals surface area (Å²) in [6.45, 7) is 9.93. The molecular formula is C23H39N3O4S. The Labute approximate surface area is 191 Å². The largest absolute Gasteiger partial charge is 0.481 e. The van der Waals surface area contributed by atoms with Crippen LogP contribution in [0.2, 0.25) is 0 Å². The lowest BCUT2D eigenvalue weighted by atomic mass is 10.1. The number of rotatable bonds is 15. The normalized spacial score (nSPS) is 13.9. The zero-order chi connectivity index (χ0) is 23.8. The maximum Gasteiger partial charge on any atom is 0.306 e. The minimum atomic E-state index is -1.05. The molecule has 0 rings (SSSR count). The van der Waals surface area contributed by atoms with Gasteiger partial charge in [0.25, 0.3) is 5.91 Å². The summed E-state index contributed by atoms with van der Waals surface area (Å²) in [5.74, 6) is 3.41. The van der Waals surface area contributed by atoms with Gasteiger partial charge in [-0.25, -0.2) is 5.84 Å². The van der Waals surface area contributed by atoms with Crippen LogP contribution in [0.15, 0.2) is 34.9 Å². The van der Waals surface area contributed by atoms with Gasteiger partial charge in [0.1, 0.15) is 6.04 Å². The van der Waals surface area contributed by atoms with Crippen molar-refractivity contribution in [2.24, 2.45) is 11.8 Å². The van der Waals surface area contributed by atoms with Crippen molar-refractivity contribution in [2.75, 3.05) is 11.5 Å². The van der Waals surface area contributed by atoms with Crippen LogP contribution in [-0.4, -0.2) is 40.4 Å². The Bertz CT molecular complexity index is 682. The Morgan fingerprint density at radius 1 is 1.00 bits per heavy atom. The summed E-state index contributed by atoms with van der Waals surface area (Å²) in [7, 11) is 0. The van der Waals surface area contributed by atoms with Gasteiger partial charge in [-0.05, 0) is 53.4 Å². The number of carbonyl (C=O) groups is 3. The number of hydrogen-bond donors (Lipinski definition) is 4. The van der Waals surface area contributed by atoms with Gasteiger partial charge in [-0.3, -0.25) is 19.8 Å². The molecular weight excluding hydrogens is 414 g/mol. The van der Waals surface area contributed by atoms with Gasteiger partial charge in [0.2, 0.25) is 5.91 Å². The lowest BCUT2D eigenvalue weighted by Crippen LogP contribution is -2.50. The molecule has 2 atom stereocenters. The molecule has 0 heterocycles. The predicted octanol–water partition coefficient (Wildman–Crippen LogP) is 3.72. The van der Waals surface area contributed by atoms with Crippen LogP contribution in [0.4, 0.5) is 0 Å². The van der Waals surface area contributed by atoms with Crippen molar-refractivity contribution < 1.29 is 19.5 Å². The van der Waals surface area contributed by atoms with Crippen molar-refractivity contribution in [3.63, 3.8) is 0 Å². The fraction of sp³-hybridized carbons (Fsp3) is 0.609. The highest BCUT2D eigenvalue weighted by molar-refractivity contribution is 7.99. The van der Waals surface area contributed by atoms with Crippen molar-refractivity contribution in [1.29, 1.82) is 0 Å². The molecule has 0 aromatic heterocycles. The van der Waals surface area contributed by atoms with Crippen LogP contribution in [0, 0.1) is 5.92 Å². The van der Waals surface area contributed by atoms with Gasteiger partial charge < -0.3 is 10.4 Å². The summed E-state index contributed by atoms with van der Waals surface area (Å²) in [5, 5.41) is 11.5. The summed E-state index contributed by atoms with van der Waals surface area (Å²) >= 11 is 1.51. The lowest BCUT2D eigenvalue weighted by molar-refractivity contribution is -0.143. The molecule has 0 saturated carbocycles. The van der Waals surface area contributed by atoms with Crippen LogP contribution in [0.1, 0.15) is 66.7 Å². The van der Waals surface area contributed by atoms with E-state index < -0.39 is 29.7 Å². The van der Waals surface area contributed by atoms with Crippen LogP contribution >= 0.6 is 11.8 Å². The number of amides is 2. The molecule has 0 radical (unpaired) electrons. The SMILES string of the molecule is CC(C)=CCCC(C)=CCCC(C)=CCSC[C@H](NC(=O)C[C@@H](C)C(=O)O)C(=O)NN. The third-order valence-corrected chi connectivity index (χ3v) is 5.64. The van der Waals surface area contributed by atoms with E-state index in [9.17, 15) is 14.4 Å². The van der Waals surface area contributed by atoms with Gasteiger partial charge in [0.05, 0.1) is 5.92 Å². The van der Waals surface area contributed by atoms with Gasteiger partial charge in [-0.2, -0.15) is 11.8 Å². The number of nitrogens with one attached hydrogen (secondary N) is 2. The van der Waals surface area contributed by atoms with Crippen LogP contribution in [0.5, 0.6) is 0 Å². The number of thioether (sulfide) groups is 1. The zero-order valence-corrected chi connectivity index (χ0v) is 20.3. The quantitative estimate of drug-likeness (QED) is 0.0985. The number of carbonyl (C=O) groups excluding carboxylic acids is 2. The summed E-state index contributed by atoms with van der Waals surface area (Å²) < 4.78 is 0. The Hall–Kier alpha value is -2.06. The Morgan fingerprint density at radius 2 is 1.58 bits per heavy atom. The third-order valence-electron chi connectivity index (χ3n) is 4.66. The molecule has 0 saturated heterocycles.